The fourth-order valence-electron chi connectivity index (χ4n) is 3.89. The zero-order valence-electron chi connectivity index (χ0n) is 18.1. The highest BCUT2D eigenvalue weighted by atomic mass is 16.5. The summed E-state index contributed by atoms with van der Waals surface area (Å²) in [5.74, 6) is 1.46. The van der Waals surface area contributed by atoms with Crippen molar-refractivity contribution < 1.29 is 14.7 Å². The normalized spacial score (nSPS) is 15.2. The number of rotatable bonds is 8. The highest BCUT2D eigenvalue weighted by molar-refractivity contribution is 5.97. The Bertz CT molecular complexity index is 1020. The molecule has 0 spiro atoms. The molecule has 6 nitrogen and oxygen atoms in total. The maximum atomic E-state index is 8.95. The minimum absolute atomic E-state index is 0.0387. The first kappa shape index (κ1) is 21.6. The smallest absolute Gasteiger partial charge is 0.170 e. The van der Waals surface area contributed by atoms with E-state index < -0.39 is 0 Å². The van der Waals surface area contributed by atoms with Crippen LogP contribution in [-0.2, 0) is 0 Å². The highest BCUT2D eigenvalue weighted by Crippen LogP contribution is 2.26. The quantitative estimate of drug-likeness (QED) is 0.228. The van der Waals surface area contributed by atoms with Gasteiger partial charge in [0.05, 0.1) is 0 Å². The number of ether oxygens (including phenoxy) is 2. The molecule has 1 atom stereocenters. The van der Waals surface area contributed by atoms with Gasteiger partial charge >= 0.3 is 0 Å². The SMILES string of the molecule is N/C(=N\O)c1cccc(OC(COc2ccc(N3CCCCC3)cc2)c2ccccc2)c1. The van der Waals surface area contributed by atoms with Crippen molar-refractivity contribution in [3.05, 3.63) is 90.0 Å². The molecule has 3 aromatic carbocycles. The van der Waals surface area contributed by atoms with Gasteiger partial charge in [-0.1, -0.05) is 47.6 Å². The Morgan fingerprint density at radius 3 is 2.38 bits per heavy atom. The molecule has 0 amide bonds. The van der Waals surface area contributed by atoms with Crippen LogP contribution >= 0.6 is 0 Å². The average Bonchev–Trinajstić information content (AvgIpc) is 2.87. The molecule has 0 aliphatic carbocycles. The lowest BCUT2D eigenvalue weighted by Crippen LogP contribution is -2.29. The zero-order chi connectivity index (χ0) is 22.2. The number of amidine groups is 1. The van der Waals surface area contributed by atoms with E-state index in [0.717, 1.165) is 24.4 Å². The van der Waals surface area contributed by atoms with Gasteiger partial charge in [0.1, 0.15) is 18.1 Å². The molecular formula is C26H29N3O3. The summed E-state index contributed by atoms with van der Waals surface area (Å²) in [6.07, 6.45) is 3.51. The molecule has 1 saturated heterocycles. The van der Waals surface area contributed by atoms with E-state index in [1.165, 1.54) is 24.9 Å². The second-order valence-electron chi connectivity index (χ2n) is 7.88. The van der Waals surface area contributed by atoms with Crippen molar-refractivity contribution >= 4 is 11.5 Å². The van der Waals surface area contributed by atoms with Crippen molar-refractivity contribution in [2.45, 2.75) is 25.4 Å². The molecule has 1 heterocycles. The maximum Gasteiger partial charge on any atom is 0.170 e. The van der Waals surface area contributed by atoms with Crippen LogP contribution < -0.4 is 20.1 Å². The molecule has 0 aromatic heterocycles. The molecule has 1 aliphatic rings. The van der Waals surface area contributed by atoms with Crippen molar-refractivity contribution in [1.82, 2.24) is 0 Å². The first-order valence-electron chi connectivity index (χ1n) is 11.0. The summed E-state index contributed by atoms with van der Waals surface area (Å²) < 4.78 is 12.4. The number of piperidine rings is 1. The van der Waals surface area contributed by atoms with Crippen LogP contribution in [0, 0.1) is 0 Å². The predicted octanol–water partition coefficient (Wildman–Crippen LogP) is 4.97. The molecule has 4 rings (SSSR count). The number of nitrogens with two attached hydrogens (primary N) is 1. The minimum Gasteiger partial charge on any atom is -0.489 e. The van der Waals surface area contributed by atoms with Crippen molar-refractivity contribution in [3.8, 4) is 11.5 Å². The van der Waals surface area contributed by atoms with E-state index in [1.54, 1.807) is 12.1 Å². The summed E-state index contributed by atoms with van der Waals surface area (Å²) in [6.45, 7) is 2.59. The van der Waals surface area contributed by atoms with E-state index in [0.29, 0.717) is 17.9 Å². The van der Waals surface area contributed by atoms with Gasteiger partial charge in [-0.05, 0) is 61.2 Å². The Labute approximate surface area is 188 Å². The van der Waals surface area contributed by atoms with Gasteiger partial charge in [0.2, 0.25) is 0 Å². The van der Waals surface area contributed by atoms with E-state index in [9.17, 15) is 0 Å². The summed E-state index contributed by atoms with van der Waals surface area (Å²) >= 11 is 0. The van der Waals surface area contributed by atoms with E-state index in [2.05, 4.69) is 22.2 Å². The predicted molar refractivity (Wildman–Crippen MR) is 127 cm³/mol. The van der Waals surface area contributed by atoms with E-state index in [1.807, 2.05) is 54.6 Å². The summed E-state index contributed by atoms with van der Waals surface area (Å²) in [5, 5.41) is 12.0. The molecule has 1 aliphatic heterocycles. The van der Waals surface area contributed by atoms with Crippen LogP contribution in [0.15, 0.2) is 84.0 Å². The summed E-state index contributed by atoms with van der Waals surface area (Å²) in [6, 6.07) is 25.4. The van der Waals surface area contributed by atoms with Crippen LogP contribution in [0.4, 0.5) is 5.69 Å². The van der Waals surface area contributed by atoms with E-state index >= 15 is 0 Å². The molecular weight excluding hydrogens is 402 g/mol. The molecule has 1 fully saturated rings. The number of hydrogen-bond donors (Lipinski definition) is 2. The molecule has 6 heteroatoms. The Kier molecular flexibility index (Phi) is 7.12. The lowest BCUT2D eigenvalue weighted by molar-refractivity contribution is 0.129. The standard InChI is InChI=1S/C26H29N3O3/c27-26(28-30)21-10-7-11-24(18-21)32-25(20-8-3-1-4-9-20)19-31-23-14-12-22(13-15-23)29-16-5-2-6-17-29/h1,3-4,7-15,18,25,30H,2,5-6,16-17,19H2,(H2,27,28). The summed E-state index contributed by atoms with van der Waals surface area (Å²) in [4.78, 5) is 2.43. The maximum absolute atomic E-state index is 8.95. The number of benzene rings is 3. The third-order valence-corrected chi connectivity index (χ3v) is 5.65. The first-order valence-corrected chi connectivity index (χ1v) is 11.0. The van der Waals surface area contributed by atoms with E-state index in [4.69, 9.17) is 20.4 Å². The largest absolute Gasteiger partial charge is 0.489 e. The Morgan fingerprint density at radius 2 is 1.66 bits per heavy atom. The van der Waals surface area contributed by atoms with Gasteiger partial charge < -0.3 is 25.3 Å². The van der Waals surface area contributed by atoms with Crippen LogP contribution in [0.2, 0.25) is 0 Å². The first-order chi connectivity index (χ1) is 15.7. The van der Waals surface area contributed by atoms with Crippen molar-refractivity contribution in [2.24, 2.45) is 10.9 Å². The molecule has 0 radical (unpaired) electrons. The molecule has 3 aromatic rings. The van der Waals surface area contributed by atoms with Gasteiger partial charge in [-0.3, -0.25) is 0 Å². The van der Waals surface area contributed by atoms with Gasteiger partial charge in [0.25, 0.3) is 0 Å². The number of nitrogens with zero attached hydrogens (tertiary/aromatic N) is 2. The second-order valence-corrected chi connectivity index (χ2v) is 7.88. The van der Waals surface area contributed by atoms with Crippen LogP contribution in [0.3, 0.4) is 0 Å². The molecule has 32 heavy (non-hydrogen) atoms. The van der Waals surface area contributed by atoms with Gasteiger partial charge in [0, 0.05) is 24.3 Å². The third kappa shape index (κ3) is 5.52. The zero-order valence-corrected chi connectivity index (χ0v) is 18.1. The van der Waals surface area contributed by atoms with Crippen molar-refractivity contribution in [2.75, 3.05) is 24.6 Å². The van der Waals surface area contributed by atoms with Gasteiger partial charge in [-0.2, -0.15) is 0 Å². The molecule has 3 N–H and O–H groups in total. The lowest BCUT2D eigenvalue weighted by Gasteiger charge is -2.29. The Balaban J connectivity index is 1.46. The van der Waals surface area contributed by atoms with E-state index in [-0.39, 0.29) is 11.9 Å². The monoisotopic (exact) mass is 431 g/mol. The van der Waals surface area contributed by atoms with Gasteiger partial charge in [-0.25, -0.2) is 0 Å². The average molecular weight is 432 g/mol. The van der Waals surface area contributed by atoms with Crippen LogP contribution in [0.25, 0.3) is 0 Å². The molecule has 166 valence electrons. The Morgan fingerprint density at radius 1 is 0.906 bits per heavy atom. The second kappa shape index (κ2) is 10.6. The van der Waals surface area contributed by atoms with Crippen molar-refractivity contribution in [1.29, 1.82) is 0 Å². The summed E-state index contributed by atoms with van der Waals surface area (Å²) in [7, 11) is 0. The fraction of sp³-hybridized carbons (Fsp3) is 0.269. The van der Waals surface area contributed by atoms with Crippen LogP contribution in [0.5, 0.6) is 11.5 Å². The van der Waals surface area contributed by atoms with Crippen LogP contribution in [0.1, 0.15) is 36.5 Å². The topological polar surface area (TPSA) is 80.3 Å². The van der Waals surface area contributed by atoms with Crippen LogP contribution in [-0.4, -0.2) is 30.7 Å². The molecule has 0 bridgehead atoms. The lowest BCUT2D eigenvalue weighted by atomic mass is 10.1. The molecule has 0 saturated carbocycles. The fourth-order valence-corrected chi connectivity index (χ4v) is 3.89. The Hall–Kier alpha value is -3.67. The minimum atomic E-state index is -0.319. The van der Waals surface area contributed by atoms with Gasteiger partial charge in [0.15, 0.2) is 11.9 Å². The number of anilines is 1. The number of hydrogen-bond acceptors (Lipinski definition) is 5. The highest BCUT2D eigenvalue weighted by Gasteiger charge is 2.16. The summed E-state index contributed by atoms with van der Waals surface area (Å²) in [5.41, 5.74) is 8.56. The number of oxime groups is 1. The third-order valence-electron chi connectivity index (χ3n) is 5.65. The van der Waals surface area contributed by atoms with Gasteiger partial charge in [-0.15, -0.1) is 0 Å². The van der Waals surface area contributed by atoms with Crippen molar-refractivity contribution in [3.63, 3.8) is 0 Å². The molecule has 1 unspecified atom stereocenters.